The average Bonchev–Trinajstić information content (AvgIpc) is 2.61. The third kappa shape index (κ3) is 4.59. The van der Waals surface area contributed by atoms with Crippen LogP contribution in [0.15, 0.2) is 0 Å². The van der Waals surface area contributed by atoms with Crippen molar-refractivity contribution in [3.63, 3.8) is 0 Å². The van der Waals surface area contributed by atoms with E-state index in [0.29, 0.717) is 12.3 Å². The fourth-order valence-electron chi connectivity index (χ4n) is 1.20. The molecule has 1 N–H and O–H groups in total. The van der Waals surface area contributed by atoms with Crippen LogP contribution in [-0.4, -0.2) is 17.4 Å². The summed E-state index contributed by atoms with van der Waals surface area (Å²) in [6, 6.07) is 0. The third-order valence-corrected chi connectivity index (χ3v) is 2.07. The Morgan fingerprint density at radius 2 is 1.92 bits per heavy atom. The lowest BCUT2D eigenvalue weighted by atomic mass is 10.1. The number of rotatable bonds is 4. The fraction of sp³-hybridized carbons (Fsp3) is 1.00. The minimum Gasteiger partial charge on any atom is -0.393 e. The number of hydrogen-bond donors (Lipinski definition) is 1. The Kier molecular flexibility index (Phi) is 2.99. The monoisotopic (exact) mass is 182 g/mol. The van der Waals surface area contributed by atoms with Crippen molar-refractivity contribution < 1.29 is 18.3 Å². The van der Waals surface area contributed by atoms with E-state index in [1.165, 1.54) is 0 Å². The SMILES string of the molecule is OC(CCC1CC1)CC(F)(F)F. The van der Waals surface area contributed by atoms with Gasteiger partial charge in [-0.25, -0.2) is 0 Å². The molecule has 0 bridgehead atoms. The standard InChI is InChI=1S/C8H13F3O/c9-8(10,11)5-7(12)4-3-6-1-2-6/h6-7,12H,1-5H2. The zero-order chi connectivity index (χ0) is 9.19. The zero-order valence-electron chi connectivity index (χ0n) is 6.77. The van der Waals surface area contributed by atoms with Crippen LogP contribution in [0.25, 0.3) is 0 Å². The van der Waals surface area contributed by atoms with Crippen LogP contribution in [0.5, 0.6) is 0 Å². The number of aliphatic hydroxyl groups is 1. The summed E-state index contributed by atoms with van der Waals surface area (Å²) in [5.74, 6) is 0.591. The van der Waals surface area contributed by atoms with Crippen LogP contribution >= 0.6 is 0 Å². The molecule has 0 amide bonds. The van der Waals surface area contributed by atoms with Crippen molar-refractivity contribution in [1.29, 1.82) is 0 Å². The predicted octanol–water partition coefficient (Wildman–Crippen LogP) is 2.49. The summed E-state index contributed by atoms with van der Waals surface area (Å²) in [7, 11) is 0. The highest BCUT2D eigenvalue weighted by Gasteiger charge is 2.31. The summed E-state index contributed by atoms with van der Waals surface area (Å²) < 4.78 is 35.1. The van der Waals surface area contributed by atoms with Crippen molar-refractivity contribution in [1.82, 2.24) is 0 Å². The molecule has 1 aliphatic rings. The Bertz CT molecular complexity index is 140. The first-order valence-electron chi connectivity index (χ1n) is 4.22. The van der Waals surface area contributed by atoms with Crippen molar-refractivity contribution >= 4 is 0 Å². The van der Waals surface area contributed by atoms with Gasteiger partial charge in [0.15, 0.2) is 0 Å². The van der Waals surface area contributed by atoms with Gasteiger partial charge in [-0.1, -0.05) is 12.8 Å². The van der Waals surface area contributed by atoms with Gasteiger partial charge in [-0.2, -0.15) is 13.2 Å². The Hall–Kier alpha value is -0.250. The zero-order valence-corrected chi connectivity index (χ0v) is 6.77. The van der Waals surface area contributed by atoms with Gasteiger partial charge in [0.05, 0.1) is 12.5 Å². The molecule has 72 valence electrons. The second kappa shape index (κ2) is 3.64. The molecule has 1 unspecified atom stereocenters. The molecule has 0 spiro atoms. The first kappa shape index (κ1) is 9.84. The molecule has 0 saturated heterocycles. The van der Waals surface area contributed by atoms with E-state index in [9.17, 15) is 13.2 Å². The lowest BCUT2D eigenvalue weighted by Gasteiger charge is -2.12. The fourth-order valence-corrected chi connectivity index (χ4v) is 1.20. The highest BCUT2D eigenvalue weighted by atomic mass is 19.4. The van der Waals surface area contributed by atoms with Crippen LogP contribution in [0.4, 0.5) is 13.2 Å². The molecule has 0 aliphatic heterocycles. The minimum absolute atomic E-state index is 0.296. The Morgan fingerprint density at radius 1 is 1.33 bits per heavy atom. The molecular weight excluding hydrogens is 169 g/mol. The van der Waals surface area contributed by atoms with Gasteiger partial charge < -0.3 is 5.11 Å². The summed E-state index contributed by atoms with van der Waals surface area (Å²) in [4.78, 5) is 0. The van der Waals surface area contributed by atoms with Crippen LogP contribution in [0.2, 0.25) is 0 Å². The number of hydrogen-bond acceptors (Lipinski definition) is 1. The molecule has 0 heterocycles. The number of aliphatic hydroxyl groups excluding tert-OH is 1. The van der Waals surface area contributed by atoms with Crippen LogP contribution in [-0.2, 0) is 0 Å². The quantitative estimate of drug-likeness (QED) is 0.708. The van der Waals surface area contributed by atoms with Gasteiger partial charge in [0.2, 0.25) is 0 Å². The average molecular weight is 182 g/mol. The van der Waals surface area contributed by atoms with Gasteiger partial charge in [0, 0.05) is 0 Å². The van der Waals surface area contributed by atoms with Gasteiger partial charge in [-0.05, 0) is 18.8 Å². The smallest absolute Gasteiger partial charge is 0.391 e. The van der Waals surface area contributed by atoms with Gasteiger partial charge >= 0.3 is 6.18 Å². The second-order valence-corrected chi connectivity index (χ2v) is 3.49. The molecule has 1 saturated carbocycles. The summed E-state index contributed by atoms with van der Waals surface area (Å²) in [5, 5.41) is 8.94. The molecule has 1 rings (SSSR count). The molecule has 0 aromatic carbocycles. The Labute approximate surface area is 69.6 Å². The van der Waals surface area contributed by atoms with E-state index < -0.39 is 18.7 Å². The van der Waals surface area contributed by atoms with E-state index in [1.54, 1.807) is 0 Å². The van der Waals surface area contributed by atoms with E-state index >= 15 is 0 Å². The van der Waals surface area contributed by atoms with E-state index in [1.807, 2.05) is 0 Å². The largest absolute Gasteiger partial charge is 0.393 e. The first-order valence-corrected chi connectivity index (χ1v) is 4.22. The van der Waals surface area contributed by atoms with E-state index in [0.717, 1.165) is 19.3 Å². The number of alkyl halides is 3. The molecule has 1 nitrogen and oxygen atoms in total. The van der Waals surface area contributed by atoms with E-state index in [4.69, 9.17) is 5.11 Å². The molecular formula is C8H13F3O. The van der Waals surface area contributed by atoms with Gasteiger partial charge in [0.1, 0.15) is 0 Å². The second-order valence-electron chi connectivity index (χ2n) is 3.49. The van der Waals surface area contributed by atoms with E-state index in [-0.39, 0.29) is 0 Å². The van der Waals surface area contributed by atoms with Crippen molar-refractivity contribution in [3.05, 3.63) is 0 Å². The van der Waals surface area contributed by atoms with E-state index in [2.05, 4.69) is 0 Å². The molecule has 0 aromatic rings. The van der Waals surface area contributed by atoms with Crippen LogP contribution < -0.4 is 0 Å². The summed E-state index contributed by atoms with van der Waals surface area (Å²) in [5.41, 5.74) is 0. The van der Waals surface area contributed by atoms with Crippen molar-refractivity contribution in [2.45, 2.75) is 44.4 Å². The topological polar surface area (TPSA) is 20.2 Å². The molecule has 1 atom stereocenters. The molecule has 4 heteroatoms. The maximum absolute atomic E-state index is 11.7. The maximum atomic E-state index is 11.7. The molecule has 1 aliphatic carbocycles. The Balaban J connectivity index is 2.05. The highest BCUT2D eigenvalue weighted by molar-refractivity contribution is 4.74. The van der Waals surface area contributed by atoms with Gasteiger partial charge in [-0.3, -0.25) is 0 Å². The van der Waals surface area contributed by atoms with Crippen LogP contribution in [0, 0.1) is 5.92 Å². The Morgan fingerprint density at radius 3 is 2.33 bits per heavy atom. The number of halogens is 3. The van der Waals surface area contributed by atoms with Gasteiger partial charge in [-0.15, -0.1) is 0 Å². The lowest BCUT2D eigenvalue weighted by Crippen LogP contribution is -2.19. The van der Waals surface area contributed by atoms with Crippen LogP contribution in [0.1, 0.15) is 32.1 Å². The van der Waals surface area contributed by atoms with Crippen molar-refractivity contribution in [2.75, 3.05) is 0 Å². The van der Waals surface area contributed by atoms with Crippen LogP contribution in [0.3, 0.4) is 0 Å². The molecule has 0 radical (unpaired) electrons. The van der Waals surface area contributed by atoms with Crippen molar-refractivity contribution in [3.8, 4) is 0 Å². The highest BCUT2D eigenvalue weighted by Crippen LogP contribution is 2.35. The normalized spacial score (nSPS) is 21.0. The summed E-state index contributed by atoms with van der Waals surface area (Å²) >= 11 is 0. The maximum Gasteiger partial charge on any atom is 0.391 e. The summed E-state index contributed by atoms with van der Waals surface area (Å²) in [6.45, 7) is 0. The molecule has 0 aromatic heterocycles. The molecule has 12 heavy (non-hydrogen) atoms. The summed E-state index contributed by atoms with van der Waals surface area (Å²) in [6.07, 6.45) is -3.17. The minimum atomic E-state index is -4.22. The lowest BCUT2D eigenvalue weighted by molar-refractivity contribution is -0.154. The third-order valence-electron chi connectivity index (χ3n) is 2.07. The van der Waals surface area contributed by atoms with Crippen molar-refractivity contribution in [2.24, 2.45) is 5.92 Å². The predicted molar refractivity (Wildman–Crippen MR) is 38.6 cm³/mol. The van der Waals surface area contributed by atoms with Gasteiger partial charge in [0.25, 0.3) is 0 Å². The molecule has 1 fully saturated rings. The first-order chi connectivity index (χ1) is 5.47.